The van der Waals surface area contributed by atoms with Crippen molar-refractivity contribution in [3.8, 4) is 0 Å². The fourth-order valence-corrected chi connectivity index (χ4v) is 1.97. The first-order valence-corrected chi connectivity index (χ1v) is 5.40. The molecule has 84 valence electrons. The van der Waals surface area contributed by atoms with Gasteiger partial charge < -0.3 is 4.98 Å². The van der Waals surface area contributed by atoms with E-state index in [2.05, 4.69) is 20.9 Å². The molecule has 2 rings (SSSR count). The number of aryl methyl sites for hydroxylation is 1. The molecular weight excluding hydrogens is 280 g/mol. The van der Waals surface area contributed by atoms with Crippen molar-refractivity contribution in [1.29, 1.82) is 0 Å². The highest BCUT2D eigenvalue weighted by Crippen LogP contribution is 2.26. The van der Waals surface area contributed by atoms with E-state index in [1.807, 2.05) is 6.92 Å². The number of aromatic nitrogens is 1. The lowest BCUT2D eigenvalue weighted by Gasteiger charge is -2.06. The monoisotopic (exact) mass is 287 g/mol. The first-order chi connectivity index (χ1) is 7.50. The number of nitrogens with one attached hydrogen (secondary N) is 1. The van der Waals surface area contributed by atoms with Crippen molar-refractivity contribution in [3.05, 3.63) is 44.2 Å². The lowest BCUT2D eigenvalue weighted by atomic mass is 10.1. The van der Waals surface area contributed by atoms with Crippen LogP contribution in [0.1, 0.15) is 17.7 Å². The van der Waals surface area contributed by atoms with Gasteiger partial charge in [0, 0.05) is 15.9 Å². The lowest BCUT2D eigenvalue weighted by Crippen LogP contribution is -2.06. The largest absolute Gasteiger partial charge is 0.353 e. The van der Waals surface area contributed by atoms with Crippen LogP contribution in [0.3, 0.4) is 0 Å². The van der Waals surface area contributed by atoms with Gasteiger partial charge in [-0.1, -0.05) is 6.07 Å². The summed E-state index contributed by atoms with van der Waals surface area (Å²) in [6.45, 7) is 1.83. The Hall–Kier alpha value is -1.23. The normalized spacial score (nSPS) is 11.3. The van der Waals surface area contributed by atoms with Crippen LogP contribution >= 0.6 is 15.9 Å². The van der Waals surface area contributed by atoms with Gasteiger partial charge in [0.1, 0.15) is 0 Å². The summed E-state index contributed by atoms with van der Waals surface area (Å²) in [6, 6.07) is 4.34. The summed E-state index contributed by atoms with van der Waals surface area (Å²) >= 11 is 3.28. The van der Waals surface area contributed by atoms with Crippen LogP contribution in [-0.4, -0.2) is 4.98 Å². The van der Waals surface area contributed by atoms with Crippen molar-refractivity contribution >= 4 is 26.8 Å². The van der Waals surface area contributed by atoms with E-state index in [-0.39, 0.29) is 5.69 Å². The first kappa shape index (κ1) is 11.3. The third-order valence-corrected chi connectivity index (χ3v) is 3.41. The Balaban J connectivity index is 2.89. The zero-order valence-corrected chi connectivity index (χ0v) is 9.94. The topological polar surface area (TPSA) is 32.9 Å². The minimum Gasteiger partial charge on any atom is -0.353 e. The second-order valence-corrected chi connectivity index (χ2v) is 4.30. The minimum atomic E-state index is -2.68. The fraction of sp³-hybridized carbons (Fsp3) is 0.182. The van der Waals surface area contributed by atoms with Crippen molar-refractivity contribution in [2.45, 2.75) is 13.3 Å². The van der Waals surface area contributed by atoms with Crippen LogP contribution < -0.4 is 5.43 Å². The lowest BCUT2D eigenvalue weighted by molar-refractivity contribution is 0.146. The Labute approximate surface area is 98.4 Å². The standard InChI is InChI=1S/C11H8BrF2NO/c1-5-2-3-6-8(16)4-7(11(13)14)15-10(6)9(5)12/h2-4,11H,1H3,(H,15,16). The van der Waals surface area contributed by atoms with E-state index in [1.165, 1.54) is 0 Å². The van der Waals surface area contributed by atoms with E-state index in [4.69, 9.17) is 0 Å². The van der Waals surface area contributed by atoms with Crippen molar-refractivity contribution in [2.24, 2.45) is 0 Å². The molecule has 0 fully saturated rings. The molecule has 0 unspecified atom stereocenters. The molecule has 0 saturated heterocycles. The van der Waals surface area contributed by atoms with Crippen LogP contribution in [0, 0.1) is 6.92 Å². The Morgan fingerprint density at radius 3 is 2.69 bits per heavy atom. The number of benzene rings is 1. The molecule has 0 aliphatic carbocycles. The number of hydrogen-bond acceptors (Lipinski definition) is 1. The molecule has 0 spiro atoms. The predicted octanol–water partition coefficient (Wildman–Crippen LogP) is 3.54. The van der Waals surface area contributed by atoms with E-state index in [0.717, 1.165) is 11.6 Å². The van der Waals surface area contributed by atoms with Crippen LogP contribution in [0.2, 0.25) is 0 Å². The first-order valence-electron chi connectivity index (χ1n) is 4.61. The smallest absolute Gasteiger partial charge is 0.278 e. The summed E-state index contributed by atoms with van der Waals surface area (Å²) in [7, 11) is 0. The molecule has 5 heteroatoms. The third kappa shape index (κ3) is 1.75. The quantitative estimate of drug-likeness (QED) is 0.855. The molecule has 16 heavy (non-hydrogen) atoms. The van der Waals surface area contributed by atoms with Gasteiger partial charge in [0.2, 0.25) is 0 Å². The van der Waals surface area contributed by atoms with Crippen LogP contribution in [0.25, 0.3) is 10.9 Å². The van der Waals surface area contributed by atoms with Gasteiger partial charge in [-0.25, -0.2) is 8.78 Å². The maximum absolute atomic E-state index is 12.5. The molecule has 1 aromatic carbocycles. The molecular formula is C11H8BrF2NO. The van der Waals surface area contributed by atoms with E-state index < -0.39 is 11.9 Å². The maximum Gasteiger partial charge on any atom is 0.278 e. The fourth-order valence-electron chi connectivity index (χ4n) is 1.52. The average Bonchev–Trinajstić information content (AvgIpc) is 2.23. The van der Waals surface area contributed by atoms with Gasteiger partial charge in [0.05, 0.1) is 11.2 Å². The van der Waals surface area contributed by atoms with Crippen molar-refractivity contribution in [3.63, 3.8) is 0 Å². The Morgan fingerprint density at radius 1 is 1.38 bits per heavy atom. The van der Waals surface area contributed by atoms with Gasteiger partial charge in [-0.05, 0) is 34.5 Å². The summed E-state index contributed by atoms with van der Waals surface area (Å²) in [5, 5.41) is 0.405. The molecule has 1 aromatic heterocycles. The Bertz CT molecular complexity index is 607. The third-order valence-electron chi connectivity index (χ3n) is 2.39. The second kappa shape index (κ2) is 3.97. The van der Waals surface area contributed by atoms with Crippen LogP contribution in [-0.2, 0) is 0 Å². The van der Waals surface area contributed by atoms with E-state index in [0.29, 0.717) is 15.4 Å². The highest BCUT2D eigenvalue weighted by molar-refractivity contribution is 9.10. The van der Waals surface area contributed by atoms with Gasteiger partial charge in [-0.3, -0.25) is 4.79 Å². The number of rotatable bonds is 1. The number of alkyl halides is 2. The number of halogens is 3. The highest BCUT2D eigenvalue weighted by atomic mass is 79.9. The summed E-state index contributed by atoms with van der Waals surface area (Å²) in [5.41, 5.74) is 0.547. The summed E-state index contributed by atoms with van der Waals surface area (Å²) in [5.74, 6) is 0. The van der Waals surface area contributed by atoms with Crippen molar-refractivity contribution in [2.75, 3.05) is 0 Å². The van der Waals surface area contributed by atoms with Crippen molar-refractivity contribution < 1.29 is 8.78 Å². The molecule has 1 N–H and O–H groups in total. The molecule has 0 aliphatic heterocycles. The summed E-state index contributed by atoms with van der Waals surface area (Å²) < 4.78 is 25.7. The average molecular weight is 288 g/mol. The van der Waals surface area contributed by atoms with Gasteiger partial charge in [0.15, 0.2) is 5.43 Å². The molecule has 0 amide bonds. The summed E-state index contributed by atoms with van der Waals surface area (Å²) in [6.07, 6.45) is -2.68. The van der Waals surface area contributed by atoms with Crippen LogP contribution in [0.15, 0.2) is 27.5 Å². The van der Waals surface area contributed by atoms with E-state index in [1.54, 1.807) is 12.1 Å². The minimum absolute atomic E-state index is 0.358. The highest BCUT2D eigenvalue weighted by Gasteiger charge is 2.12. The van der Waals surface area contributed by atoms with Crippen LogP contribution in [0.5, 0.6) is 0 Å². The molecule has 2 aromatic rings. The van der Waals surface area contributed by atoms with Gasteiger partial charge in [-0.15, -0.1) is 0 Å². The predicted molar refractivity (Wildman–Crippen MR) is 62.0 cm³/mol. The van der Waals surface area contributed by atoms with E-state index in [9.17, 15) is 13.6 Å². The van der Waals surface area contributed by atoms with Gasteiger partial charge >= 0.3 is 0 Å². The Morgan fingerprint density at radius 2 is 2.06 bits per heavy atom. The number of aromatic amines is 1. The number of hydrogen-bond donors (Lipinski definition) is 1. The number of pyridine rings is 1. The molecule has 0 bridgehead atoms. The zero-order valence-electron chi connectivity index (χ0n) is 8.35. The molecule has 0 saturated carbocycles. The summed E-state index contributed by atoms with van der Waals surface area (Å²) in [4.78, 5) is 14.2. The number of fused-ring (bicyclic) bond motifs is 1. The number of H-pyrrole nitrogens is 1. The SMILES string of the molecule is Cc1ccc2c(=O)cc(C(F)F)[nH]c2c1Br. The molecule has 0 atom stereocenters. The maximum atomic E-state index is 12.5. The van der Waals surface area contributed by atoms with Crippen LogP contribution in [0.4, 0.5) is 8.78 Å². The molecule has 1 heterocycles. The second-order valence-electron chi connectivity index (χ2n) is 3.51. The molecule has 2 nitrogen and oxygen atoms in total. The molecule has 0 aliphatic rings. The van der Waals surface area contributed by atoms with Gasteiger partial charge in [-0.2, -0.15) is 0 Å². The van der Waals surface area contributed by atoms with Crippen molar-refractivity contribution in [1.82, 2.24) is 4.98 Å². The zero-order chi connectivity index (χ0) is 11.9. The molecule has 0 radical (unpaired) electrons. The Kier molecular flexibility index (Phi) is 2.80. The van der Waals surface area contributed by atoms with E-state index >= 15 is 0 Å². The van der Waals surface area contributed by atoms with Gasteiger partial charge in [0.25, 0.3) is 6.43 Å².